The molecule has 0 aromatic heterocycles. The SMILES string of the molecule is CC1CC[C@@H](C(C)C)[C@H](OC(=O)C[N+]23CCN(CC2)CC3)C1.[Cl-]. The minimum Gasteiger partial charge on any atom is -1.00 e. The molecule has 0 aromatic rings. The van der Waals surface area contributed by atoms with Crippen molar-refractivity contribution in [3.63, 3.8) is 0 Å². The Hall–Kier alpha value is -0.320. The lowest BCUT2D eigenvalue weighted by molar-refractivity contribution is -0.934. The Morgan fingerprint density at radius 3 is 2.35 bits per heavy atom. The Morgan fingerprint density at radius 2 is 1.78 bits per heavy atom. The number of piperazine rings is 3. The third-order valence-corrected chi connectivity index (χ3v) is 6.38. The van der Waals surface area contributed by atoms with Crippen molar-refractivity contribution >= 4 is 5.97 Å². The molecule has 134 valence electrons. The van der Waals surface area contributed by atoms with Crippen LogP contribution in [0.2, 0.25) is 0 Å². The van der Waals surface area contributed by atoms with Crippen molar-refractivity contribution in [2.24, 2.45) is 17.8 Å². The highest BCUT2D eigenvalue weighted by molar-refractivity contribution is 5.70. The van der Waals surface area contributed by atoms with Gasteiger partial charge < -0.3 is 21.6 Å². The highest BCUT2D eigenvalue weighted by Gasteiger charge is 2.41. The van der Waals surface area contributed by atoms with Gasteiger partial charge in [0.05, 0.1) is 19.6 Å². The molecule has 3 heterocycles. The number of carbonyl (C=O) groups is 1. The Labute approximate surface area is 147 Å². The van der Waals surface area contributed by atoms with Crippen LogP contribution in [-0.2, 0) is 9.53 Å². The van der Waals surface area contributed by atoms with Crippen LogP contribution >= 0.6 is 0 Å². The molecular formula is C18H33ClN2O2. The van der Waals surface area contributed by atoms with E-state index < -0.39 is 0 Å². The first-order chi connectivity index (χ1) is 10.5. The van der Waals surface area contributed by atoms with E-state index in [0.717, 1.165) is 50.2 Å². The number of esters is 1. The molecule has 23 heavy (non-hydrogen) atoms. The molecule has 3 saturated heterocycles. The van der Waals surface area contributed by atoms with Crippen LogP contribution in [0.4, 0.5) is 0 Å². The van der Waals surface area contributed by atoms with Crippen LogP contribution in [0.15, 0.2) is 0 Å². The van der Waals surface area contributed by atoms with Gasteiger partial charge in [-0.1, -0.05) is 27.2 Å². The predicted molar refractivity (Wildman–Crippen MR) is 87.4 cm³/mol. The minimum absolute atomic E-state index is 0. The summed E-state index contributed by atoms with van der Waals surface area (Å²) < 4.78 is 6.99. The summed E-state index contributed by atoms with van der Waals surface area (Å²) in [5, 5.41) is 0. The van der Waals surface area contributed by atoms with Gasteiger partial charge in [0, 0.05) is 19.6 Å². The van der Waals surface area contributed by atoms with Gasteiger partial charge >= 0.3 is 5.97 Å². The van der Waals surface area contributed by atoms with E-state index in [1.165, 1.54) is 12.8 Å². The van der Waals surface area contributed by atoms with Crippen LogP contribution in [0.3, 0.4) is 0 Å². The van der Waals surface area contributed by atoms with Gasteiger partial charge in [-0.2, -0.15) is 0 Å². The van der Waals surface area contributed by atoms with Crippen molar-refractivity contribution in [3.8, 4) is 0 Å². The molecule has 0 spiro atoms. The average molecular weight is 345 g/mol. The third-order valence-electron chi connectivity index (χ3n) is 6.38. The average Bonchev–Trinajstić information content (AvgIpc) is 2.48. The Balaban J connectivity index is 0.00000192. The van der Waals surface area contributed by atoms with Crippen LogP contribution in [0.5, 0.6) is 0 Å². The zero-order valence-corrected chi connectivity index (χ0v) is 15.7. The summed E-state index contributed by atoms with van der Waals surface area (Å²) in [4.78, 5) is 15.1. The smallest absolute Gasteiger partial charge is 0.362 e. The van der Waals surface area contributed by atoms with Gasteiger partial charge in [0.15, 0.2) is 6.54 Å². The lowest BCUT2D eigenvalue weighted by Gasteiger charge is -2.50. The van der Waals surface area contributed by atoms with E-state index in [0.29, 0.717) is 24.3 Å². The Kier molecular flexibility index (Phi) is 6.37. The van der Waals surface area contributed by atoms with Gasteiger partial charge in [-0.15, -0.1) is 0 Å². The molecule has 1 unspecified atom stereocenters. The molecule has 0 aromatic carbocycles. The van der Waals surface area contributed by atoms with Crippen molar-refractivity contribution in [3.05, 3.63) is 0 Å². The van der Waals surface area contributed by atoms with E-state index in [2.05, 4.69) is 25.7 Å². The van der Waals surface area contributed by atoms with Gasteiger partial charge in [0.1, 0.15) is 6.10 Å². The second-order valence-corrected chi connectivity index (χ2v) is 8.37. The van der Waals surface area contributed by atoms with Crippen molar-refractivity contribution < 1.29 is 26.4 Å². The molecule has 4 aliphatic rings. The number of halogens is 1. The maximum Gasteiger partial charge on any atom is 0.362 e. The van der Waals surface area contributed by atoms with Gasteiger partial charge in [-0.3, -0.25) is 4.90 Å². The fraction of sp³-hybridized carbons (Fsp3) is 0.944. The second-order valence-electron chi connectivity index (χ2n) is 8.37. The predicted octanol–water partition coefficient (Wildman–Crippen LogP) is -0.860. The zero-order valence-electron chi connectivity index (χ0n) is 15.0. The molecule has 1 saturated carbocycles. The largest absolute Gasteiger partial charge is 1.00 e. The molecule has 3 aliphatic heterocycles. The summed E-state index contributed by atoms with van der Waals surface area (Å²) >= 11 is 0. The molecule has 0 radical (unpaired) electrons. The lowest BCUT2D eigenvalue weighted by Crippen LogP contribution is -3.00. The molecular weight excluding hydrogens is 312 g/mol. The number of fused-ring (bicyclic) bond motifs is 3. The Morgan fingerprint density at radius 1 is 1.17 bits per heavy atom. The number of hydrogen-bond acceptors (Lipinski definition) is 3. The topological polar surface area (TPSA) is 29.5 Å². The molecule has 3 atom stereocenters. The van der Waals surface area contributed by atoms with Crippen LogP contribution < -0.4 is 12.4 Å². The van der Waals surface area contributed by atoms with Crippen molar-refractivity contribution in [1.82, 2.24) is 4.90 Å². The molecule has 4 fully saturated rings. The van der Waals surface area contributed by atoms with Gasteiger partial charge in [-0.05, 0) is 30.6 Å². The van der Waals surface area contributed by atoms with E-state index >= 15 is 0 Å². The van der Waals surface area contributed by atoms with Crippen LogP contribution in [-0.4, -0.2) is 67.3 Å². The number of quaternary nitrogens is 1. The highest BCUT2D eigenvalue weighted by atomic mass is 35.5. The molecule has 2 bridgehead atoms. The molecule has 4 nitrogen and oxygen atoms in total. The van der Waals surface area contributed by atoms with Crippen LogP contribution in [0, 0.1) is 17.8 Å². The summed E-state index contributed by atoms with van der Waals surface area (Å²) in [5.74, 6) is 1.91. The number of nitrogens with zero attached hydrogens (tertiary/aromatic N) is 2. The van der Waals surface area contributed by atoms with E-state index in [4.69, 9.17) is 4.74 Å². The van der Waals surface area contributed by atoms with Crippen molar-refractivity contribution in [2.75, 3.05) is 45.8 Å². The monoisotopic (exact) mass is 344 g/mol. The fourth-order valence-corrected chi connectivity index (χ4v) is 4.70. The molecule has 1 aliphatic carbocycles. The fourth-order valence-electron chi connectivity index (χ4n) is 4.70. The van der Waals surface area contributed by atoms with Gasteiger partial charge in [0.2, 0.25) is 0 Å². The Bertz CT molecular complexity index is 394. The number of hydrogen-bond donors (Lipinski definition) is 0. The van der Waals surface area contributed by atoms with Crippen molar-refractivity contribution in [1.29, 1.82) is 0 Å². The lowest BCUT2D eigenvalue weighted by atomic mass is 9.75. The standard InChI is InChI=1S/C18H33N2O2.ClH/c1-14(2)16-5-4-15(3)12-17(16)22-18(21)13-20-9-6-19(7-10-20)8-11-20;/h14-17H,4-13H2,1-3H3;1H/q+1;/p-1/t15?,16-,17+;/m0./s1. The van der Waals surface area contributed by atoms with Crippen LogP contribution in [0.1, 0.15) is 40.0 Å². The molecule has 4 rings (SSSR count). The summed E-state index contributed by atoms with van der Waals surface area (Å²) in [6, 6.07) is 0. The van der Waals surface area contributed by atoms with Crippen LogP contribution in [0.25, 0.3) is 0 Å². The number of carbonyl (C=O) groups excluding carboxylic acids is 1. The molecule has 0 N–H and O–H groups in total. The number of rotatable bonds is 4. The zero-order chi connectivity index (χ0) is 15.7. The van der Waals surface area contributed by atoms with E-state index in [-0.39, 0.29) is 24.5 Å². The normalized spacial score (nSPS) is 39.8. The number of ether oxygens (including phenoxy) is 1. The maximum atomic E-state index is 12.6. The summed E-state index contributed by atoms with van der Waals surface area (Å²) in [6.45, 7) is 14.3. The minimum atomic E-state index is 0. The van der Waals surface area contributed by atoms with E-state index in [9.17, 15) is 4.79 Å². The van der Waals surface area contributed by atoms with Crippen molar-refractivity contribution in [2.45, 2.75) is 46.1 Å². The van der Waals surface area contributed by atoms with E-state index in [1.807, 2.05) is 0 Å². The first kappa shape index (κ1) is 19.0. The quantitative estimate of drug-likeness (QED) is 0.491. The third kappa shape index (κ3) is 4.40. The van der Waals surface area contributed by atoms with E-state index in [1.54, 1.807) is 0 Å². The second kappa shape index (κ2) is 7.71. The maximum absolute atomic E-state index is 12.6. The van der Waals surface area contributed by atoms with Gasteiger partial charge in [-0.25, -0.2) is 4.79 Å². The summed E-state index contributed by atoms with van der Waals surface area (Å²) in [6.07, 6.45) is 3.71. The first-order valence-electron chi connectivity index (χ1n) is 9.24. The first-order valence-corrected chi connectivity index (χ1v) is 9.24. The summed E-state index contributed by atoms with van der Waals surface area (Å²) in [7, 11) is 0. The van der Waals surface area contributed by atoms with Gasteiger partial charge in [0.25, 0.3) is 0 Å². The molecule has 0 amide bonds. The summed E-state index contributed by atoms with van der Waals surface area (Å²) in [5.41, 5.74) is 0. The highest BCUT2D eigenvalue weighted by Crippen LogP contribution is 2.35. The molecule has 5 heteroatoms.